The van der Waals surface area contributed by atoms with E-state index in [2.05, 4.69) is 64.6 Å². The predicted molar refractivity (Wildman–Crippen MR) is 143 cm³/mol. The van der Waals surface area contributed by atoms with Crippen molar-refractivity contribution in [3.05, 3.63) is 113 Å². The molecule has 5 nitrogen and oxygen atoms in total. The van der Waals surface area contributed by atoms with Gasteiger partial charge in [-0.3, -0.25) is 9.36 Å². The van der Waals surface area contributed by atoms with Crippen LogP contribution in [0.3, 0.4) is 0 Å². The van der Waals surface area contributed by atoms with Crippen molar-refractivity contribution in [1.82, 2.24) is 9.55 Å². The SMILES string of the molecule is CC1=C(C(=O)Nc2ccc(C)cc2C)[C@H](c2cccc3ccccc23)n2c(nc3ccccc32)N1. The van der Waals surface area contributed by atoms with Crippen molar-refractivity contribution in [3.8, 4) is 0 Å². The number of hydrogen-bond acceptors (Lipinski definition) is 3. The van der Waals surface area contributed by atoms with Crippen molar-refractivity contribution in [2.24, 2.45) is 0 Å². The van der Waals surface area contributed by atoms with E-state index in [0.717, 1.165) is 50.3 Å². The maximum Gasteiger partial charge on any atom is 0.255 e. The number of aryl methyl sites for hydroxylation is 2. The molecule has 5 heteroatoms. The molecule has 6 rings (SSSR count). The standard InChI is InChI=1S/C30H26N4O/c1-18-15-16-24(19(2)17-18)32-29(35)27-20(3)31-30-33-25-13-6-7-14-26(25)34(30)28(27)23-12-8-10-21-9-4-5-11-22(21)23/h4-17,28H,1-3H3,(H,31,33)(H,32,35)/t28-/m0/s1. The first-order chi connectivity index (χ1) is 17.0. The molecule has 4 aromatic carbocycles. The third-order valence-corrected chi connectivity index (χ3v) is 6.82. The number of rotatable bonds is 3. The van der Waals surface area contributed by atoms with Gasteiger partial charge in [0.25, 0.3) is 5.91 Å². The second-order valence-electron chi connectivity index (χ2n) is 9.20. The zero-order valence-electron chi connectivity index (χ0n) is 20.0. The Hall–Kier alpha value is -4.38. The number of allylic oxidation sites excluding steroid dienone is 1. The minimum Gasteiger partial charge on any atom is -0.329 e. The lowest BCUT2D eigenvalue weighted by atomic mass is 9.90. The Morgan fingerprint density at radius 1 is 0.914 bits per heavy atom. The molecule has 0 aliphatic carbocycles. The molecule has 0 radical (unpaired) electrons. The van der Waals surface area contributed by atoms with E-state index in [-0.39, 0.29) is 11.9 Å². The minimum absolute atomic E-state index is 0.122. The number of amides is 1. The highest BCUT2D eigenvalue weighted by atomic mass is 16.1. The van der Waals surface area contributed by atoms with Crippen LogP contribution in [-0.2, 0) is 4.79 Å². The highest BCUT2D eigenvalue weighted by Gasteiger charge is 2.35. The van der Waals surface area contributed by atoms with Crippen molar-refractivity contribution in [1.29, 1.82) is 0 Å². The average Bonchev–Trinajstić information content (AvgIpc) is 3.22. The van der Waals surface area contributed by atoms with E-state index >= 15 is 0 Å². The summed E-state index contributed by atoms with van der Waals surface area (Å²) in [6, 6.07) is 28.4. The van der Waals surface area contributed by atoms with E-state index in [4.69, 9.17) is 4.98 Å². The molecule has 1 atom stereocenters. The van der Waals surface area contributed by atoms with Crippen LogP contribution in [0.1, 0.15) is 29.7 Å². The summed E-state index contributed by atoms with van der Waals surface area (Å²) >= 11 is 0. The van der Waals surface area contributed by atoms with Gasteiger partial charge in [0.05, 0.1) is 22.6 Å². The van der Waals surface area contributed by atoms with Crippen molar-refractivity contribution in [3.63, 3.8) is 0 Å². The summed E-state index contributed by atoms with van der Waals surface area (Å²) in [4.78, 5) is 18.8. The molecule has 0 unspecified atom stereocenters. The van der Waals surface area contributed by atoms with Crippen molar-refractivity contribution in [2.75, 3.05) is 10.6 Å². The molecule has 0 bridgehead atoms. The average molecular weight is 459 g/mol. The summed E-state index contributed by atoms with van der Waals surface area (Å²) in [5, 5.41) is 8.85. The van der Waals surface area contributed by atoms with Crippen LogP contribution in [0.15, 0.2) is 96.2 Å². The molecular weight excluding hydrogens is 432 g/mol. The van der Waals surface area contributed by atoms with Gasteiger partial charge in [-0.25, -0.2) is 4.98 Å². The zero-order valence-corrected chi connectivity index (χ0v) is 20.0. The van der Waals surface area contributed by atoms with Gasteiger partial charge in [0, 0.05) is 11.4 Å². The van der Waals surface area contributed by atoms with Crippen LogP contribution < -0.4 is 10.6 Å². The fraction of sp³-hybridized carbons (Fsp3) is 0.133. The Morgan fingerprint density at radius 2 is 1.69 bits per heavy atom. The van der Waals surface area contributed by atoms with E-state index in [1.165, 1.54) is 5.56 Å². The van der Waals surface area contributed by atoms with Gasteiger partial charge in [0.2, 0.25) is 5.95 Å². The van der Waals surface area contributed by atoms with Crippen LogP contribution in [0.5, 0.6) is 0 Å². The van der Waals surface area contributed by atoms with Gasteiger partial charge < -0.3 is 10.6 Å². The van der Waals surface area contributed by atoms with Gasteiger partial charge in [-0.15, -0.1) is 0 Å². The Balaban J connectivity index is 1.57. The van der Waals surface area contributed by atoms with Gasteiger partial charge in [-0.2, -0.15) is 0 Å². The summed E-state index contributed by atoms with van der Waals surface area (Å²) in [5.41, 5.74) is 7.44. The maximum atomic E-state index is 14.0. The number of hydrogen-bond donors (Lipinski definition) is 2. The summed E-state index contributed by atoms with van der Waals surface area (Å²) in [6.07, 6.45) is 0. The molecule has 5 aromatic rings. The second-order valence-corrected chi connectivity index (χ2v) is 9.20. The van der Waals surface area contributed by atoms with Crippen molar-refractivity contribution in [2.45, 2.75) is 26.8 Å². The van der Waals surface area contributed by atoms with E-state index in [1.54, 1.807) is 0 Å². The van der Waals surface area contributed by atoms with E-state index < -0.39 is 0 Å². The number of nitrogens with one attached hydrogen (secondary N) is 2. The molecule has 1 aromatic heterocycles. The van der Waals surface area contributed by atoms with Crippen molar-refractivity contribution >= 4 is 39.3 Å². The van der Waals surface area contributed by atoms with Crippen LogP contribution in [0.2, 0.25) is 0 Å². The largest absolute Gasteiger partial charge is 0.329 e. The Morgan fingerprint density at radius 3 is 2.54 bits per heavy atom. The smallest absolute Gasteiger partial charge is 0.255 e. The van der Waals surface area contributed by atoms with Gasteiger partial charge in [0.15, 0.2) is 0 Å². The first-order valence-electron chi connectivity index (χ1n) is 11.8. The lowest BCUT2D eigenvalue weighted by Gasteiger charge is -2.31. The monoisotopic (exact) mass is 458 g/mol. The third kappa shape index (κ3) is 3.48. The summed E-state index contributed by atoms with van der Waals surface area (Å²) in [7, 11) is 0. The summed E-state index contributed by atoms with van der Waals surface area (Å²) < 4.78 is 2.15. The first-order valence-corrected chi connectivity index (χ1v) is 11.8. The van der Waals surface area contributed by atoms with Gasteiger partial charge in [0.1, 0.15) is 0 Å². The van der Waals surface area contributed by atoms with Crippen LogP contribution in [-0.4, -0.2) is 15.5 Å². The number of para-hydroxylation sites is 2. The zero-order chi connectivity index (χ0) is 24.1. The number of carbonyl (C=O) groups is 1. The van der Waals surface area contributed by atoms with E-state index in [0.29, 0.717) is 5.57 Å². The molecular formula is C30H26N4O. The van der Waals surface area contributed by atoms with Crippen LogP contribution in [0, 0.1) is 13.8 Å². The molecule has 0 fully saturated rings. The molecule has 0 saturated heterocycles. The van der Waals surface area contributed by atoms with E-state index in [1.807, 2.05) is 56.3 Å². The topological polar surface area (TPSA) is 59.0 Å². The fourth-order valence-electron chi connectivity index (χ4n) is 5.18. The van der Waals surface area contributed by atoms with Gasteiger partial charge in [-0.1, -0.05) is 72.3 Å². The molecule has 1 aliphatic heterocycles. The lowest BCUT2D eigenvalue weighted by molar-refractivity contribution is -0.113. The molecule has 0 spiro atoms. The maximum absolute atomic E-state index is 14.0. The van der Waals surface area contributed by atoms with Crippen LogP contribution >= 0.6 is 0 Å². The number of aromatic nitrogens is 2. The second kappa shape index (κ2) is 8.13. The normalized spacial score (nSPS) is 15.2. The molecule has 2 N–H and O–H groups in total. The Labute approximate surface area is 204 Å². The van der Waals surface area contributed by atoms with Gasteiger partial charge >= 0.3 is 0 Å². The molecule has 35 heavy (non-hydrogen) atoms. The quantitative estimate of drug-likeness (QED) is 0.315. The predicted octanol–water partition coefficient (Wildman–Crippen LogP) is 6.73. The van der Waals surface area contributed by atoms with Crippen molar-refractivity contribution < 1.29 is 4.79 Å². The number of benzene rings is 4. The highest BCUT2D eigenvalue weighted by Crippen LogP contribution is 2.41. The Bertz CT molecular complexity index is 1650. The van der Waals surface area contributed by atoms with E-state index in [9.17, 15) is 4.79 Å². The Kier molecular flexibility index (Phi) is 4.92. The van der Waals surface area contributed by atoms with Crippen LogP contribution in [0.4, 0.5) is 11.6 Å². The minimum atomic E-state index is -0.337. The number of anilines is 2. The lowest BCUT2D eigenvalue weighted by Crippen LogP contribution is -2.31. The first kappa shape index (κ1) is 21.2. The van der Waals surface area contributed by atoms with Gasteiger partial charge in [-0.05, 0) is 60.9 Å². The molecule has 0 saturated carbocycles. The number of fused-ring (bicyclic) bond motifs is 4. The highest BCUT2D eigenvalue weighted by molar-refractivity contribution is 6.07. The van der Waals surface area contributed by atoms with Crippen LogP contribution in [0.25, 0.3) is 21.8 Å². The molecule has 2 heterocycles. The number of nitrogens with zero attached hydrogens (tertiary/aromatic N) is 2. The number of imidazole rings is 1. The summed E-state index contributed by atoms with van der Waals surface area (Å²) in [5.74, 6) is 0.619. The number of carbonyl (C=O) groups excluding carboxylic acids is 1. The summed E-state index contributed by atoms with van der Waals surface area (Å²) in [6.45, 7) is 6.03. The molecule has 1 amide bonds. The molecule has 1 aliphatic rings. The fourth-order valence-corrected chi connectivity index (χ4v) is 5.18. The molecule has 172 valence electrons. The third-order valence-electron chi connectivity index (χ3n) is 6.82.